The Morgan fingerprint density at radius 2 is 2.00 bits per heavy atom. The minimum Gasteiger partial charge on any atom is -0.383 e. The van der Waals surface area contributed by atoms with Gasteiger partial charge in [0.15, 0.2) is 0 Å². The quantitative estimate of drug-likeness (QED) is 0.805. The van der Waals surface area contributed by atoms with E-state index in [4.69, 9.17) is 4.74 Å². The fraction of sp³-hybridized carbons (Fsp3) is 0.737. The van der Waals surface area contributed by atoms with Crippen molar-refractivity contribution in [3.8, 4) is 0 Å². The Labute approximate surface area is 156 Å². The van der Waals surface area contributed by atoms with E-state index >= 15 is 0 Å². The first kappa shape index (κ1) is 20.4. The van der Waals surface area contributed by atoms with Gasteiger partial charge in [-0.1, -0.05) is 33.6 Å². The van der Waals surface area contributed by atoms with E-state index in [1.54, 1.807) is 23.7 Å². The molecule has 1 fully saturated rings. The molecule has 1 aromatic heterocycles. The van der Waals surface area contributed by atoms with Crippen molar-refractivity contribution in [3.63, 3.8) is 0 Å². The highest BCUT2D eigenvalue weighted by molar-refractivity contribution is 5.94. The van der Waals surface area contributed by atoms with E-state index in [2.05, 4.69) is 31.2 Å². The van der Waals surface area contributed by atoms with Crippen molar-refractivity contribution in [1.82, 2.24) is 14.7 Å². The number of hydrogen-bond acceptors (Lipinski definition) is 4. The highest BCUT2D eigenvalue weighted by atomic mass is 16.5. The van der Waals surface area contributed by atoms with Crippen LogP contribution in [0.25, 0.3) is 0 Å². The van der Waals surface area contributed by atoms with E-state index in [0.717, 1.165) is 31.4 Å². The molecule has 1 aliphatic carbocycles. The Kier molecular flexibility index (Phi) is 6.81. The molecule has 146 valence electrons. The van der Waals surface area contributed by atoms with Crippen molar-refractivity contribution in [2.24, 2.45) is 13.0 Å². The van der Waals surface area contributed by atoms with Gasteiger partial charge in [-0.3, -0.25) is 14.3 Å². The number of nitrogens with zero attached hydrogens (tertiary/aromatic N) is 3. The van der Waals surface area contributed by atoms with Crippen molar-refractivity contribution in [3.05, 3.63) is 11.8 Å². The minimum atomic E-state index is -0.212. The van der Waals surface area contributed by atoms with Crippen LogP contribution < -0.4 is 5.32 Å². The molecule has 0 aromatic carbocycles. The third-order valence-electron chi connectivity index (χ3n) is 4.83. The average molecular weight is 364 g/mol. The first-order chi connectivity index (χ1) is 12.2. The number of carbonyl (C=O) groups is 2. The fourth-order valence-electron chi connectivity index (χ4n) is 3.21. The summed E-state index contributed by atoms with van der Waals surface area (Å²) in [5.74, 6) is 0.537. The summed E-state index contributed by atoms with van der Waals surface area (Å²) in [6.45, 7) is 7.12. The monoisotopic (exact) mass is 364 g/mol. The van der Waals surface area contributed by atoms with Crippen LogP contribution >= 0.6 is 0 Å². The molecule has 0 saturated heterocycles. The van der Waals surface area contributed by atoms with Crippen LogP contribution in [0, 0.1) is 5.92 Å². The van der Waals surface area contributed by atoms with E-state index < -0.39 is 0 Å². The summed E-state index contributed by atoms with van der Waals surface area (Å²) in [5.41, 5.74) is 0.817. The van der Waals surface area contributed by atoms with Gasteiger partial charge in [-0.05, 0) is 12.8 Å². The first-order valence-corrected chi connectivity index (χ1v) is 9.34. The van der Waals surface area contributed by atoms with Gasteiger partial charge in [0, 0.05) is 38.1 Å². The van der Waals surface area contributed by atoms with E-state index in [9.17, 15) is 9.59 Å². The molecule has 0 aliphatic heterocycles. The van der Waals surface area contributed by atoms with Gasteiger partial charge in [-0.2, -0.15) is 5.10 Å². The first-order valence-electron chi connectivity index (χ1n) is 9.34. The Hall–Kier alpha value is -1.89. The molecule has 1 aliphatic rings. The molecule has 26 heavy (non-hydrogen) atoms. The van der Waals surface area contributed by atoms with E-state index in [1.807, 2.05) is 6.07 Å². The van der Waals surface area contributed by atoms with Gasteiger partial charge >= 0.3 is 0 Å². The van der Waals surface area contributed by atoms with Crippen LogP contribution in [0.15, 0.2) is 6.07 Å². The van der Waals surface area contributed by atoms with Gasteiger partial charge in [0.2, 0.25) is 11.8 Å². The number of carbonyl (C=O) groups excluding carboxylic acids is 2. The summed E-state index contributed by atoms with van der Waals surface area (Å²) >= 11 is 0. The number of rotatable bonds is 7. The van der Waals surface area contributed by atoms with E-state index in [-0.39, 0.29) is 29.7 Å². The van der Waals surface area contributed by atoms with Gasteiger partial charge in [-0.15, -0.1) is 0 Å². The lowest BCUT2D eigenvalue weighted by Crippen LogP contribution is -2.42. The topological polar surface area (TPSA) is 76.5 Å². The highest BCUT2D eigenvalue weighted by Gasteiger charge is 2.28. The second-order valence-corrected chi connectivity index (χ2v) is 8.07. The largest absolute Gasteiger partial charge is 0.383 e. The molecule has 2 rings (SSSR count). The molecule has 1 N–H and O–H groups in total. The number of aryl methyl sites for hydroxylation is 1. The number of nitrogens with one attached hydrogen (secondary N) is 1. The molecule has 2 amide bonds. The maximum atomic E-state index is 12.7. The molecule has 0 bridgehead atoms. The zero-order chi connectivity index (χ0) is 19.3. The minimum absolute atomic E-state index is 0.0364. The van der Waals surface area contributed by atoms with Crippen LogP contribution in [0.4, 0.5) is 5.82 Å². The molecule has 0 radical (unpaired) electrons. The van der Waals surface area contributed by atoms with Gasteiger partial charge in [0.1, 0.15) is 5.82 Å². The Balaban J connectivity index is 2.02. The van der Waals surface area contributed by atoms with Crippen LogP contribution in [0.1, 0.15) is 52.1 Å². The maximum absolute atomic E-state index is 12.7. The lowest BCUT2D eigenvalue weighted by atomic mass is 9.92. The zero-order valence-electron chi connectivity index (χ0n) is 16.7. The summed E-state index contributed by atoms with van der Waals surface area (Å²) in [6.07, 6.45) is 4.01. The summed E-state index contributed by atoms with van der Waals surface area (Å²) in [6, 6.07) is 1.89. The maximum Gasteiger partial charge on any atom is 0.245 e. The molecule has 0 spiro atoms. The Bertz CT molecular complexity index is 627. The van der Waals surface area contributed by atoms with Gasteiger partial charge < -0.3 is 15.0 Å². The Morgan fingerprint density at radius 3 is 2.54 bits per heavy atom. The highest BCUT2D eigenvalue weighted by Crippen LogP contribution is 2.27. The summed E-state index contributed by atoms with van der Waals surface area (Å²) in [5, 5.41) is 7.35. The second-order valence-electron chi connectivity index (χ2n) is 8.07. The predicted octanol–water partition coefficient (Wildman–Crippen LogP) is 2.32. The smallest absolute Gasteiger partial charge is 0.245 e. The van der Waals surface area contributed by atoms with Crippen molar-refractivity contribution < 1.29 is 14.3 Å². The number of anilines is 1. The second kappa shape index (κ2) is 8.66. The van der Waals surface area contributed by atoms with E-state index in [0.29, 0.717) is 19.0 Å². The predicted molar refractivity (Wildman–Crippen MR) is 101 cm³/mol. The molecule has 0 atom stereocenters. The van der Waals surface area contributed by atoms with Crippen LogP contribution in [0.2, 0.25) is 0 Å². The lowest BCUT2D eigenvalue weighted by molar-refractivity contribution is -0.138. The van der Waals surface area contributed by atoms with Crippen LogP contribution in [0.5, 0.6) is 0 Å². The lowest BCUT2D eigenvalue weighted by Gasteiger charge is -2.24. The summed E-state index contributed by atoms with van der Waals surface area (Å²) in [4.78, 5) is 26.9. The molecular formula is C19H32N4O3. The normalized spacial score (nSPS) is 15.3. The third-order valence-corrected chi connectivity index (χ3v) is 4.83. The van der Waals surface area contributed by atoms with Crippen molar-refractivity contribution in [2.45, 2.75) is 51.9 Å². The molecular weight excluding hydrogens is 332 g/mol. The van der Waals surface area contributed by atoms with Crippen LogP contribution in [0.3, 0.4) is 0 Å². The summed E-state index contributed by atoms with van der Waals surface area (Å²) in [7, 11) is 3.40. The number of ether oxygens (including phenoxy) is 1. The number of methoxy groups -OCH3 is 1. The number of amides is 2. The third kappa shape index (κ3) is 5.30. The molecule has 1 saturated carbocycles. The van der Waals surface area contributed by atoms with Crippen LogP contribution in [-0.2, 0) is 26.8 Å². The van der Waals surface area contributed by atoms with Crippen molar-refractivity contribution in [2.75, 3.05) is 32.1 Å². The Morgan fingerprint density at radius 1 is 1.35 bits per heavy atom. The van der Waals surface area contributed by atoms with E-state index in [1.165, 1.54) is 0 Å². The number of hydrogen-bond donors (Lipinski definition) is 1. The molecule has 1 heterocycles. The van der Waals surface area contributed by atoms with Crippen LogP contribution in [-0.4, -0.2) is 53.3 Å². The van der Waals surface area contributed by atoms with Gasteiger partial charge in [0.25, 0.3) is 0 Å². The standard InChI is InChI=1S/C19H32N4O3/c1-19(2,3)15-12-16(22(4)21-15)20-17(24)13-23(10-11-26-5)18(25)14-8-6-7-9-14/h12,14H,6-11,13H2,1-5H3,(H,20,24). The summed E-state index contributed by atoms with van der Waals surface area (Å²) < 4.78 is 6.77. The fourth-order valence-corrected chi connectivity index (χ4v) is 3.21. The average Bonchev–Trinajstić information content (AvgIpc) is 3.21. The van der Waals surface area contributed by atoms with Gasteiger partial charge in [-0.25, -0.2) is 0 Å². The molecule has 0 unspecified atom stereocenters. The molecule has 7 heteroatoms. The SMILES string of the molecule is COCCN(CC(=O)Nc1cc(C(C)(C)C)nn1C)C(=O)C1CCCC1. The van der Waals surface area contributed by atoms with Crippen molar-refractivity contribution in [1.29, 1.82) is 0 Å². The number of aromatic nitrogens is 2. The zero-order valence-corrected chi connectivity index (χ0v) is 16.7. The van der Waals surface area contributed by atoms with Gasteiger partial charge in [0.05, 0.1) is 18.8 Å². The van der Waals surface area contributed by atoms with Crippen molar-refractivity contribution >= 4 is 17.6 Å². The molecule has 7 nitrogen and oxygen atoms in total. The molecule has 1 aromatic rings.